The van der Waals surface area contributed by atoms with Crippen LogP contribution >= 0.6 is 0 Å². The third kappa shape index (κ3) is 39.5. The second kappa shape index (κ2) is 47.7. The Bertz CT molecular complexity index is 652. The summed E-state index contributed by atoms with van der Waals surface area (Å²) in [6, 6.07) is 0. The van der Waals surface area contributed by atoms with E-state index in [1.807, 2.05) is 0 Å². The molecular formula is C56H114. The molecule has 1 unspecified atom stereocenters. The minimum absolute atomic E-state index is 0.621. The maximum Gasteiger partial charge on any atom is -0.0272 e. The molecule has 0 heteroatoms. The molecule has 0 bridgehead atoms. The van der Waals surface area contributed by atoms with Gasteiger partial charge in [0.2, 0.25) is 0 Å². The van der Waals surface area contributed by atoms with E-state index >= 15 is 0 Å². The predicted molar refractivity (Wildman–Crippen MR) is 261 cm³/mol. The molecule has 0 spiro atoms. The average molecular weight is 788 g/mol. The van der Waals surface area contributed by atoms with E-state index < -0.39 is 0 Å². The standard InChI is InChI=1S/C56H114/c1-6-10-14-18-22-26-30-34-38-42-46-50-54-56(52-48-44-40-36-32-28-24-20-16-12-8-3,53-49-45-41-37-33-29-25-21-17-13-9-4)55(5)51-47-43-39-35-31-27-23-19-15-11-7-2/h55H,6-54H2,1-5H3. The highest BCUT2D eigenvalue weighted by atomic mass is 14.4. The fourth-order valence-corrected chi connectivity index (χ4v) is 10.1. The molecule has 0 aromatic heterocycles. The van der Waals surface area contributed by atoms with E-state index in [1.165, 1.54) is 295 Å². The number of rotatable bonds is 50. The van der Waals surface area contributed by atoms with Crippen molar-refractivity contribution in [2.75, 3.05) is 0 Å². The van der Waals surface area contributed by atoms with Crippen molar-refractivity contribution in [3.8, 4) is 0 Å². The lowest BCUT2D eigenvalue weighted by molar-refractivity contribution is 0.102. The lowest BCUT2D eigenvalue weighted by atomic mass is 9.64. The molecule has 0 aromatic rings. The van der Waals surface area contributed by atoms with Crippen LogP contribution in [0.3, 0.4) is 0 Å². The van der Waals surface area contributed by atoms with Crippen molar-refractivity contribution in [1.82, 2.24) is 0 Å². The second-order valence-electron chi connectivity index (χ2n) is 19.8. The summed E-state index contributed by atoms with van der Waals surface area (Å²) in [6.45, 7) is 12.1. The zero-order chi connectivity index (χ0) is 40.7. The summed E-state index contributed by atoms with van der Waals surface area (Å²) in [5, 5.41) is 0. The van der Waals surface area contributed by atoms with Gasteiger partial charge in [-0.05, 0) is 30.6 Å². The first-order valence-electron chi connectivity index (χ1n) is 27.7. The molecule has 0 saturated heterocycles. The van der Waals surface area contributed by atoms with Crippen LogP contribution in [-0.2, 0) is 0 Å². The van der Waals surface area contributed by atoms with Gasteiger partial charge in [-0.1, -0.05) is 330 Å². The van der Waals surface area contributed by atoms with Gasteiger partial charge in [-0.3, -0.25) is 0 Å². The molecule has 0 N–H and O–H groups in total. The smallest absolute Gasteiger partial charge is 0.0272 e. The molecule has 0 amide bonds. The van der Waals surface area contributed by atoms with Gasteiger partial charge in [-0.2, -0.15) is 0 Å². The minimum Gasteiger partial charge on any atom is -0.0654 e. The molecule has 0 aliphatic heterocycles. The van der Waals surface area contributed by atoms with Gasteiger partial charge < -0.3 is 0 Å². The Hall–Kier alpha value is 0. The first-order chi connectivity index (χ1) is 27.7. The maximum atomic E-state index is 2.74. The van der Waals surface area contributed by atoms with Crippen LogP contribution in [0.25, 0.3) is 0 Å². The molecule has 0 fully saturated rings. The monoisotopic (exact) mass is 787 g/mol. The molecule has 338 valence electrons. The Morgan fingerprint density at radius 2 is 0.375 bits per heavy atom. The van der Waals surface area contributed by atoms with Crippen LogP contribution in [0.5, 0.6) is 0 Å². The molecule has 0 saturated carbocycles. The topological polar surface area (TPSA) is 0 Å². The van der Waals surface area contributed by atoms with Crippen LogP contribution in [0.15, 0.2) is 0 Å². The van der Waals surface area contributed by atoms with E-state index in [1.54, 1.807) is 19.3 Å². The van der Waals surface area contributed by atoms with Crippen LogP contribution in [0, 0.1) is 11.3 Å². The largest absolute Gasteiger partial charge is 0.0654 e. The van der Waals surface area contributed by atoms with Gasteiger partial charge in [0.15, 0.2) is 0 Å². The summed E-state index contributed by atoms with van der Waals surface area (Å²) in [6.07, 6.45) is 72.5. The second-order valence-corrected chi connectivity index (χ2v) is 19.8. The molecule has 56 heavy (non-hydrogen) atoms. The summed E-state index contributed by atoms with van der Waals surface area (Å²) < 4.78 is 0. The highest BCUT2D eigenvalue weighted by Gasteiger charge is 2.34. The van der Waals surface area contributed by atoms with Crippen molar-refractivity contribution in [3.05, 3.63) is 0 Å². The van der Waals surface area contributed by atoms with Crippen LogP contribution < -0.4 is 0 Å². The number of hydrogen-bond acceptors (Lipinski definition) is 0. The lowest BCUT2D eigenvalue weighted by Gasteiger charge is -2.41. The molecule has 0 nitrogen and oxygen atoms in total. The van der Waals surface area contributed by atoms with Crippen molar-refractivity contribution < 1.29 is 0 Å². The summed E-state index contributed by atoms with van der Waals surface area (Å²) in [4.78, 5) is 0. The van der Waals surface area contributed by atoms with Crippen molar-refractivity contribution in [1.29, 1.82) is 0 Å². The third-order valence-electron chi connectivity index (χ3n) is 14.4. The van der Waals surface area contributed by atoms with Crippen LogP contribution in [0.2, 0.25) is 0 Å². The molecular weight excluding hydrogens is 673 g/mol. The highest BCUT2D eigenvalue weighted by molar-refractivity contribution is 4.85. The van der Waals surface area contributed by atoms with E-state index in [-0.39, 0.29) is 0 Å². The normalized spacial score (nSPS) is 12.6. The Morgan fingerprint density at radius 3 is 0.571 bits per heavy atom. The predicted octanol–water partition coefficient (Wildman–Crippen LogP) is 21.8. The Kier molecular flexibility index (Phi) is 47.7. The van der Waals surface area contributed by atoms with Gasteiger partial charge in [0.05, 0.1) is 0 Å². The number of unbranched alkanes of at least 4 members (excludes halogenated alkanes) is 41. The summed E-state index contributed by atoms with van der Waals surface area (Å²) in [7, 11) is 0. The van der Waals surface area contributed by atoms with Gasteiger partial charge in [0, 0.05) is 0 Å². The average Bonchev–Trinajstić information content (AvgIpc) is 3.21. The van der Waals surface area contributed by atoms with Crippen LogP contribution in [-0.4, -0.2) is 0 Å². The first-order valence-corrected chi connectivity index (χ1v) is 27.7. The van der Waals surface area contributed by atoms with Gasteiger partial charge >= 0.3 is 0 Å². The van der Waals surface area contributed by atoms with Crippen molar-refractivity contribution >= 4 is 0 Å². The first kappa shape index (κ1) is 56.0. The molecule has 0 radical (unpaired) electrons. The summed E-state index contributed by atoms with van der Waals surface area (Å²) in [5.41, 5.74) is 0.621. The molecule has 0 rings (SSSR count). The van der Waals surface area contributed by atoms with Gasteiger partial charge in [-0.25, -0.2) is 0 Å². The van der Waals surface area contributed by atoms with E-state index in [9.17, 15) is 0 Å². The fraction of sp³-hybridized carbons (Fsp3) is 1.00. The van der Waals surface area contributed by atoms with E-state index in [0.717, 1.165) is 5.92 Å². The molecule has 0 aliphatic rings. The molecule has 0 heterocycles. The van der Waals surface area contributed by atoms with Crippen LogP contribution in [0.4, 0.5) is 0 Å². The van der Waals surface area contributed by atoms with Gasteiger partial charge in [0.25, 0.3) is 0 Å². The van der Waals surface area contributed by atoms with Crippen LogP contribution in [0.1, 0.15) is 349 Å². The Morgan fingerprint density at radius 1 is 0.214 bits per heavy atom. The number of hydrogen-bond donors (Lipinski definition) is 0. The Labute approximate surface area is 359 Å². The zero-order valence-electron chi connectivity index (χ0n) is 40.7. The van der Waals surface area contributed by atoms with Crippen molar-refractivity contribution in [2.24, 2.45) is 11.3 Å². The summed E-state index contributed by atoms with van der Waals surface area (Å²) in [5.74, 6) is 0.917. The van der Waals surface area contributed by atoms with Gasteiger partial charge in [0.1, 0.15) is 0 Å². The molecule has 1 atom stereocenters. The van der Waals surface area contributed by atoms with E-state index in [0.29, 0.717) is 5.41 Å². The third-order valence-corrected chi connectivity index (χ3v) is 14.4. The SMILES string of the molecule is CCCCCCCCCCCCCCC(CCCCCCCCCCCCC)(CCCCCCCCCCCCC)C(C)CCCCCCCCCCCCC. The highest BCUT2D eigenvalue weighted by Crippen LogP contribution is 2.46. The molecule has 0 aromatic carbocycles. The maximum absolute atomic E-state index is 2.74. The Balaban J connectivity index is 5.05. The minimum atomic E-state index is 0.621. The lowest BCUT2D eigenvalue weighted by Crippen LogP contribution is -2.29. The van der Waals surface area contributed by atoms with E-state index in [2.05, 4.69) is 34.6 Å². The van der Waals surface area contributed by atoms with Gasteiger partial charge in [-0.15, -0.1) is 0 Å². The fourth-order valence-electron chi connectivity index (χ4n) is 10.1. The zero-order valence-corrected chi connectivity index (χ0v) is 40.7. The van der Waals surface area contributed by atoms with E-state index in [4.69, 9.17) is 0 Å². The van der Waals surface area contributed by atoms with Crippen molar-refractivity contribution in [2.45, 2.75) is 349 Å². The quantitative estimate of drug-likeness (QED) is 0.0539. The summed E-state index contributed by atoms with van der Waals surface area (Å²) >= 11 is 0. The van der Waals surface area contributed by atoms with Crippen molar-refractivity contribution in [3.63, 3.8) is 0 Å². The molecule has 0 aliphatic carbocycles.